The molecule has 2 aromatic carbocycles. The van der Waals surface area contributed by atoms with Crippen molar-refractivity contribution in [2.75, 3.05) is 6.54 Å². The van der Waals surface area contributed by atoms with Crippen LogP contribution in [-0.2, 0) is 6.42 Å². The summed E-state index contributed by atoms with van der Waals surface area (Å²) in [5, 5.41) is 13.2. The number of carbonyl (C=O) groups excluding carboxylic acids is 1. The van der Waals surface area contributed by atoms with Gasteiger partial charge in [-0.05, 0) is 53.8 Å². The lowest BCUT2D eigenvalue weighted by atomic mass is 9.93. The van der Waals surface area contributed by atoms with E-state index in [1.54, 1.807) is 25.1 Å². The Bertz CT molecular complexity index is 692. The summed E-state index contributed by atoms with van der Waals surface area (Å²) < 4.78 is 13.5. The fourth-order valence-corrected chi connectivity index (χ4v) is 2.71. The van der Waals surface area contributed by atoms with Gasteiger partial charge in [0.15, 0.2) is 0 Å². The van der Waals surface area contributed by atoms with Crippen molar-refractivity contribution in [1.82, 2.24) is 5.32 Å². The van der Waals surface area contributed by atoms with Gasteiger partial charge < -0.3 is 10.4 Å². The highest BCUT2D eigenvalue weighted by Gasteiger charge is 2.19. The van der Waals surface area contributed by atoms with E-state index in [-0.39, 0.29) is 11.7 Å². The summed E-state index contributed by atoms with van der Waals surface area (Å²) >= 11 is 0. The number of carbonyl (C=O) groups is 1. The molecule has 0 saturated carbocycles. The maximum atomic E-state index is 13.5. The van der Waals surface area contributed by atoms with Gasteiger partial charge in [0, 0.05) is 12.1 Å². The first-order valence-corrected chi connectivity index (χ1v) is 6.91. The average molecular weight is 285 g/mol. The Morgan fingerprint density at radius 3 is 2.76 bits per heavy atom. The van der Waals surface area contributed by atoms with Crippen molar-refractivity contribution < 1.29 is 14.3 Å². The monoisotopic (exact) mass is 285 g/mol. The largest absolute Gasteiger partial charge is 0.384 e. The van der Waals surface area contributed by atoms with E-state index < -0.39 is 6.10 Å². The second kappa shape index (κ2) is 5.30. The molecule has 1 aliphatic heterocycles. The van der Waals surface area contributed by atoms with E-state index in [9.17, 15) is 14.3 Å². The molecule has 2 aromatic rings. The summed E-state index contributed by atoms with van der Waals surface area (Å²) in [6, 6.07) is 9.82. The standard InChI is InChI=1S/C17H16FNO2/c1-10-6-13(8-14(18)7-10)16(20)12-3-2-11-4-5-19-17(21)15(11)9-12/h2-3,6-9,16,20H,4-5H2,1H3,(H,19,21). The zero-order valence-electron chi connectivity index (χ0n) is 11.7. The van der Waals surface area contributed by atoms with E-state index in [1.807, 2.05) is 6.07 Å². The molecule has 3 nitrogen and oxygen atoms in total. The molecule has 3 rings (SSSR count). The summed E-state index contributed by atoms with van der Waals surface area (Å²) in [5.41, 5.74) is 3.40. The van der Waals surface area contributed by atoms with Gasteiger partial charge in [-0.2, -0.15) is 0 Å². The molecule has 0 bridgehead atoms. The Morgan fingerprint density at radius 1 is 1.19 bits per heavy atom. The topological polar surface area (TPSA) is 49.3 Å². The van der Waals surface area contributed by atoms with E-state index in [0.717, 1.165) is 17.5 Å². The smallest absolute Gasteiger partial charge is 0.251 e. The minimum absolute atomic E-state index is 0.124. The van der Waals surface area contributed by atoms with Crippen LogP contribution >= 0.6 is 0 Å². The molecule has 0 fully saturated rings. The van der Waals surface area contributed by atoms with Crippen LogP contribution in [0.3, 0.4) is 0 Å². The third-order valence-corrected chi connectivity index (χ3v) is 3.75. The van der Waals surface area contributed by atoms with Crippen molar-refractivity contribution in [1.29, 1.82) is 0 Å². The number of aliphatic hydroxyl groups is 1. The lowest BCUT2D eigenvalue weighted by molar-refractivity contribution is 0.0945. The minimum atomic E-state index is -0.945. The molecule has 1 atom stereocenters. The SMILES string of the molecule is Cc1cc(F)cc(C(O)c2ccc3c(c2)C(=O)NCC3)c1. The van der Waals surface area contributed by atoms with Crippen LogP contribution in [0.5, 0.6) is 0 Å². The zero-order valence-corrected chi connectivity index (χ0v) is 11.7. The van der Waals surface area contributed by atoms with Gasteiger partial charge in [-0.1, -0.05) is 18.2 Å². The number of halogens is 1. The molecule has 1 unspecified atom stereocenters. The molecule has 1 amide bonds. The maximum absolute atomic E-state index is 13.5. The summed E-state index contributed by atoms with van der Waals surface area (Å²) in [7, 11) is 0. The zero-order chi connectivity index (χ0) is 15.0. The lowest BCUT2D eigenvalue weighted by Gasteiger charge is -2.19. The van der Waals surface area contributed by atoms with Crippen LogP contribution in [-0.4, -0.2) is 17.6 Å². The second-order valence-electron chi connectivity index (χ2n) is 5.39. The van der Waals surface area contributed by atoms with Crippen LogP contribution in [0.25, 0.3) is 0 Å². The van der Waals surface area contributed by atoms with Gasteiger partial charge in [-0.15, -0.1) is 0 Å². The van der Waals surface area contributed by atoms with Crippen LogP contribution in [0, 0.1) is 12.7 Å². The number of hydrogen-bond acceptors (Lipinski definition) is 2. The molecule has 0 radical (unpaired) electrons. The van der Waals surface area contributed by atoms with E-state index >= 15 is 0 Å². The summed E-state index contributed by atoms with van der Waals surface area (Å²) in [6.45, 7) is 2.41. The van der Waals surface area contributed by atoms with Gasteiger partial charge in [0.2, 0.25) is 0 Å². The van der Waals surface area contributed by atoms with Gasteiger partial charge in [0.05, 0.1) is 0 Å². The quantitative estimate of drug-likeness (QED) is 0.890. The molecule has 108 valence electrons. The van der Waals surface area contributed by atoms with Crippen molar-refractivity contribution in [3.8, 4) is 0 Å². The van der Waals surface area contributed by atoms with Crippen LogP contribution in [0.1, 0.15) is 38.7 Å². The molecule has 2 N–H and O–H groups in total. The highest BCUT2D eigenvalue weighted by molar-refractivity contribution is 5.96. The lowest BCUT2D eigenvalue weighted by Crippen LogP contribution is -2.31. The average Bonchev–Trinajstić information content (AvgIpc) is 2.45. The van der Waals surface area contributed by atoms with Crippen LogP contribution < -0.4 is 5.32 Å². The summed E-state index contributed by atoms with van der Waals surface area (Å²) in [6.07, 6.45) is -0.157. The Morgan fingerprint density at radius 2 is 2.00 bits per heavy atom. The van der Waals surface area contributed by atoms with Gasteiger partial charge in [-0.3, -0.25) is 4.79 Å². The number of aliphatic hydroxyl groups excluding tert-OH is 1. The predicted molar refractivity (Wildman–Crippen MR) is 77.7 cm³/mol. The normalized spacial score (nSPS) is 15.3. The Labute approximate surface area is 122 Å². The Kier molecular flexibility index (Phi) is 3.47. The van der Waals surface area contributed by atoms with E-state index in [1.165, 1.54) is 12.1 Å². The first-order chi connectivity index (χ1) is 10.0. The number of nitrogens with one attached hydrogen (secondary N) is 1. The van der Waals surface area contributed by atoms with Gasteiger partial charge >= 0.3 is 0 Å². The molecule has 0 aromatic heterocycles. The van der Waals surface area contributed by atoms with Crippen molar-refractivity contribution in [2.45, 2.75) is 19.4 Å². The molecule has 0 saturated heterocycles. The molecule has 21 heavy (non-hydrogen) atoms. The number of rotatable bonds is 2. The van der Waals surface area contributed by atoms with Crippen molar-refractivity contribution >= 4 is 5.91 Å². The Balaban J connectivity index is 2.00. The van der Waals surface area contributed by atoms with Crippen LogP contribution in [0.15, 0.2) is 36.4 Å². The fraction of sp³-hybridized carbons (Fsp3) is 0.235. The number of hydrogen-bond donors (Lipinski definition) is 2. The van der Waals surface area contributed by atoms with Crippen LogP contribution in [0.4, 0.5) is 4.39 Å². The van der Waals surface area contributed by atoms with E-state index in [2.05, 4.69) is 5.32 Å². The van der Waals surface area contributed by atoms with Crippen molar-refractivity contribution in [2.24, 2.45) is 0 Å². The molecular weight excluding hydrogens is 269 g/mol. The number of aryl methyl sites for hydroxylation is 1. The maximum Gasteiger partial charge on any atom is 0.251 e. The molecule has 1 aliphatic rings. The first kappa shape index (κ1) is 13.8. The highest BCUT2D eigenvalue weighted by Crippen LogP contribution is 2.26. The molecular formula is C17H16FNO2. The Hall–Kier alpha value is -2.20. The number of fused-ring (bicyclic) bond motifs is 1. The van der Waals surface area contributed by atoms with Crippen molar-refractivity contribution in [3.63, 3.8) is 0 Å². The predicted octanol–water partition coefficient (Wildman–Crippen LogP) is 2.50. The van der Waals surface area contributed by atoms with Gasteiger partial charge in [0.25, 0.3) is 5.91 Å². The van der Waals surface area contributed by atoms with E-state index in [4.69, 9.17) is 0 Å². The third-order valence-electron chi connectivity index (χ3n) is 3.75. The fourth-order valence-electron chi connectivity index (χ4n) is 2.71. The molecule has 0 aliphatic carbocycles. The third kappa shape index (κ3) is 2.67. The summed E-state index contributed by atoms with van der Waals surface area (Å²) in [4.78, 5) is 11.9. The second-order valence-corrected chi connectivity index (χ2v) is 5.39. The molecule has 0 spiro atoms. The minimum Gasteiger partial charge on any atom is -0.384 e. The van der Waals surface area contributed by atoms with E-state index in [0.29, 0.717) is 23.2 Å². The number of benzene rings is 2. The van der Waals surface area contributed by atoms with Crippen LogP contribution in [0.2, 0.25) is 0 Å². The number of amides is 1. The summed E-state index contributed by atoms with van der Waals surface area (Å²) in [5.74, 6) is -0.500. The van der Waals surface area contributed by atoms with Gasteiger partial charge in [0.1, 0.15) is 11.9 Å². The molecule has 4 heteroatoms. The highest BCUT2D eigenvalue weighted by atomic mass is 19.1. The first-order valence-electron chi connectivity index (χ1n) is 6.91. The molecule has 1 heterocycles. The van der Waals surface area contributed by atoms with Crippen molar-refractivity contribution in [3.05, 3.63) is 70.0 Å². The van der Waals surface area contributed by atoms with Gasteiger partial charge in [-0.25, -0.2) is 4.39 Å².